The Labute approximate surface area is 120 Å². The fraction of sp³-hybridized carbons (Fsp3) is 0.143. The molecular weight excluding hydrogens is 274 g/mol. The molecule has 0 aliphatic heterocycles. The number of hydrogen-bond acceptors (Lipinski definition) is 5. The van der Waals surface area contributed by atoms with Gasteiger partial charge in [0.15, 0.2) is 5.75 Å². The largest absolute Gasteiger partial charge is 0.502 e. The van der Waals surface area contributed by atoms with Crippen LogP contribution in [0.5, 0.6) is 5.75 Å². The Morgan fingerprint density at radius 2 is 2.14 bits per heavy atom. The minimum atomic E-state index is -0.707. The number of amides is 1. The van der Waals surface area contributed by atoms with Crippen LogP contribution in [0.3, 0.4) is 0 Å². The van der Waals surface area contributed by atoms with Crippen molar-refractivity contribution >= 4 is 11.6 Å². The van der Waals surface area contributed by atoms with Crippen molar-refractivity contribution in [2.24, 2.45) is 0 Å². The van der Waals surface area contributed by atoms with Crippen LogP contribution in [0.25, 0.3) is 0 Å². The number of aromatic hydroxyl groups is 1. The van der Waals surface area contributed by atoms with Gasteiger partial charge >= 0.3 is 5.69 Å². The number of nitro groups is 1. The number of nitro benzene ring substituents is 1. The molecule has 0 unspecified atom stereocenters. The predicted octanol–water partition coefficient (Wildman–Crippen LogP) is 1.97. The minimum Gasteiger partial charge on any atom is -0.502 e. The molecule has 0 atom stereocenters. The Morgan fingerprint density at radius 3 is 2.71 bits per heavy atom. The first-order valence-corrected chi connectivity index (χ1v) is 6.12. The van der Waals surface area contributed by atoms with E-state index >= 15 is 0 Å². The number of phenols is 1. The summed E-state index contributed by atoms with van der Waals surface area (Å²) in [5, 5.41) is 20.2. The molecule has 0 spiro atoms. The van der Waals surface area contributed by atoms with Crippen LogP contribution in [-0.2, 0) is 6.54 Å². The van der Waals surface area contributed by atoms with Gasteiger partial charge in [0.1, 0.15) is 0 Å². The number of benzene rings is 1. The van der Waals surface area contributed by atoms with E-state index in [1.165, 1.54) is 11.0 Å². The standard InChI is InChI=1S/C14H13N3O4/c1-16(9-11-4-2-3-7-15-11)14(19)10-5-6-12(17(20)21)13(18)8-10/h2-8,18H,9H2,1H3. The average molecular weight is 287 g/mol. The molecule has 1 heterocycles. The second-order valence-electron chi connectivity index (χ2n) is 4.44. The van der Waals surface area contributed by atoms with Crippen LogP contribution in [0.15, 0.2) is 42.6 Å². The van der Waals surface area contributed by atoms with E-state index in [1.54, 1.807) is 25.4 Å². The van der Waals surface area contributed by atoms with Gasteiger partial charge in [0, 0.05) is 24.9 Å². The molecule has 0 aliphatic rings. The lowest BCUT2D eigenvalue weighted by atomic mass is 10.1. The van der Waals surface area contributed by atoms with Crippen LogP contribution in [0.1, 0.15) is 16.1 Å². The van der Waals surface area contributed by atoms with Gasteiger partial charge in [-0.25, -0.2) is 0 Å². The summed E-state index contributed by atoms with van der Waals surface area (Å²) in [6.45, 7) is 0.303. The maximum Gasteiger partial charge on any atom is 0.310 e. The molecule has 7 nitrogen and oxygen atoms in total. The third-order valence-electron chi connectivity index (χ3n) is 2.89. The fourth-order valence-corrected chi connectivity index (χ4v) is 1.84. The summed E-state index contributed by atoms with van der Waals surface area (Å²) in [7, 11) is 1.59. The van der Waals surface area contributed by atoms with E-state index in [4.69, 9.17) is 0 Å². The van der Waals surface area contributed by atoms with E-state index < -0.39 is 16.4 Å². The number of rotatable bonds is 4. The SMILES string of the molecule is CN(Cc1ccccn1)C(=O)c1ccc([N+](=O)[O-])c(O)c1. The van der Waals surface area contributed by atoms with Gasteiger partial charge in [0.05, 0.1) is 17.2 Å². The van der Waals surface area contributed by atoms with Gasteiger partial charge in [-0.1, -0.05) is 6.07 Å². The third kappa shape index (κ3) is 3.33. The highest BCUT2D eigenvalue weighted by molar-refractivity contribution is 5.94. The number of hydrogen-bond donors (Lipinski definition) is 1. The Hall–Kier alpha value is -2.96. The van der Waals surface area contributed by atoms with E-state index in [2.05, 4.69) is 4.98 Å². The first-order valence-electron chi connectivity index (χ1n) is 6.12. The normalized spacial score (nSPS) is 10.1. The van der Waals surface area contributed by atoms with Gasteiger partial charge in [-0.15, -0.1) is 0 Å². The maximum absolute atomic E-state index is 12.2. The smallest absolute Gasteiger partial charge is 0.310 e. The zero-order valence-corrected chi connectivity index (χ0v) is 11.3. The topological polar surface area (TPSA) is 96.6 Å². The summed E-state index contributed by atoms with van der Waals surface area (Å²) < 4.78 is 0. The molecule has 0 saturated carbocycles. The molecule has 2 aromatic rings. The van der Waals surface area contributed by atoms with Crippen molar-refractivity contribution in [2.75, 3.05) is 7.05 Å². The van der Waals surface area contributed by atoms with Crippen molar-refractivity contribution in [3.63, 3.8) is 0 Å². The van der Waals surface area contributed by atoms with Crippen molar-refractivity contribution in [1.29, 1.82) is 0 Å². The number of nitrogens with zero attached hydrogens (tertiary/aromatic N) is 3. The van der Waals surface area contributed by atoms with Crippen molar-refractivity contribution in [3.05, 3.63) is 64.0 Å². The highest BCUT2D eigenvalue weighted by Crippen LogP contribution is 2.26. The van der Waals surface area contributed by atoms with Gasteiger partial charge in [-0.05, 0) is 24.3 Å². The van der Waals surface area contributed by atoms with E-state index in [0.717, 1.165) is 17.8 Å². The summed E-state index contributed by atoms with van der Waals surface area (Å²) in [5.74, 6) is -0.886. The van der Waals surface area contributed by atoms with Crippen molar-refractivity contribution < 1.29 is 14.8 Å². The number of carbonyl (C=O) groups is 1. The van der Waals surface area contributed by atoms with Crippen molar-refractivity contribution in [1.82, 2.24) is 9.88 Å². The molecule has 0 fully saturated rings. The van der Waals surface area contributed by atoms with Crippen LogP contribution in [0.2, 0.25) is 0 Å². The molecule has 1 aromatic carbocycles. The van der Waals surface area contributed by atoms with E-state index in [0.29, 0.717) is 6.54 Å². The minimum absolute atomic E-state index is 0.177. The van der Waals surface area contributed by atoms with Crippen LogP contribution >= 0.6 is 0 Å². The van der Waals surface area contributed by atoms with E-state index in [9.17, 15) is 20.0 Å². The first-order chi connectivity index (χ1) is 9.99. The summed E-state index contributed by atoms with van der Waals surface area (Å²) in [6, 6.07) is 8.90. The van der Waals surface area contributed by atoms with Gasteiger partial charge in [-0.2, -0.15) is 0 Å². The van der Waals surface area contributed by atoms with Crippen LogP contribution in [-0.4, -0.2) is 32.9 Å². The van der Waals surface area contributed by atoms with Gasteiger partial charge in [-0.3, -0.25) is 19.9 Å². The molecule has 2 rings (SSSR count). The summed E-state index contributed by atoms with van der Waals surface area (Å²) >= 11 is 0. The Balaban J connectivity index is 2.16. The highest BCUT2D eigenvalue weighted by atomic mass is 16.6. The molecule has 0 saturated heterocycles. The predicted molar refractivity (Wildman–Crippen MR) is 74.8 cm³/mol. The van der Waals surface area contributed by atoms with Crippen LogP contribution in [0.4, 0.5) is 5.69 Å². The molecular formula is C14H13N3O4. The lowest BCUT2D eigenvalue weighted by molar-refractivity contribution is -0.385. The lowest BCUT2D eigenvalue weighted by Gasteiger charge is -2.16. The highest BCUT2D eigenvalue weighted by Gasteiger charge is 2.18. The van der Waals surface area contributed by atoms with E-state index in [1.807, 2.05) is 6.07 Å². The second kappa shape index (κ2) is 6.00. The van der Waals surface area contributed by atoms with Crippen LogP contribution < -0.4 is 0 Å². The molecule has 0 bridgehead atoms. The number of pyridine rings is 1. The zero-order valence-electron chi connectivity index (χ0n) is 11.3. The Bertz CT molecular complexity index is 673. The molecule has 108 valence electrons. The van der Waals surface area contributed by atoms with Crippen LogP contribution in [0, 0.1) is 10.1 Å². The number of phenolic OH excluding ortho intramolecular Hbond substituents is 1. The number of carbonyl (C=O) groups excluding carboxylic acids is 1. The monoisotopic (exact) mass is 287 g/mol. The summed E-state index contributed by atoms with van der Waals surface area (Å²) in [5.41, 5.74) is 0.468. The summed E-state index contributed by atoms with van der Waals surface area (Å²) in [6.07, 6.45) is 1.63. The molecule has 1 amide bonds. The maximum atomic E-state index is 12.2. The first kappa shape index (κ1) is 14.4. The zero-order chi connectivity index (χ0) is 15.4. The third-order valence-corrected chi connectivity index (χ3v) is 2.89. The molecule has 1 aromatic heterocycles. The molecule has 1 N–H and O–H groups in total. The van der Waals surface area contributed by atoms with E-state index in [-0.39, 0.29) is 11.5 Å². The van der Waals surface area contributed by atoms with Gasteiger partial charge in [0.2, 0.25) is 0 Å². The Kier molecular flexibility index (Phi) is 4.13. The van der Waals surface area contributed by atoms with Gasteiger partial charge < -0.3 is 10.0 Å². The Morgan fingerprint density at radius 1 is 1.38 bits per heavy atom. The van der Waals surface area contributed by atoms with Gasteiger partial charge in [0.25, 0.3) is 5.91 Å². The second-order valence-corrected chi connectivity index (χ2v) is 4.44. The fourth-order valence-electron chi connectivity index (χ4n) is 1.84. The molecule has 7 heteroatoms. The average Bonchev–Trinajstić information content (AvgIpc) is 2.47. The number of aromatic nitrogens is 1. The van der Waals surface area contributed by atoms with Crippen molar-refractivity contribution in [2.45, 2.75) is 6.54 Å². The summed E-state index contributed by atoms with van der Waals surface area (Å²) in [4.78, 5) is 27.6. The quantitative estimate of drug-likeness (QED) is 0.685. The molecule has 0 radical (unpaired) electrons. The van der Waals surface area contributed by atoms with Crippen molar-refractivity contribution in [3.8, 4) is 5.75 Å². The molecule has 0 aliphatic carbocycles. The molecule has 21 heavy (non-hydrogen) atoms. The lowest BCUT2D eigenvalue weighted by Crippen LogP contribution is -2.26.